The average molecular weight is 273 g/mol. The maximum absolute atomic E-state index is 10.9. The van der Waals surface area contributed by atoms with E-state index in [1.54, 1.807) is 11.0 Å². The monoisotopic (exact) mass is 271 g/mol. The van der Waals surface area contributed by atoms with Crippen LogP contribution in [0.1, 0.15) is 0 Å². The number of nitrogens with zero attached hydrogens (tertiary/aromatic N) is 1. The molecule has 1 rings (SSSR count). The van der Waals surface area contributed by atoms with E-state index in [9.17, 15) is 4.79 Å². The highest BCUT2D eigenvalue weighted by atomic mass is 79.9. The summed E-state index contributed by atoms with van der Waals surface area (Å²) in [6.07, 6.45) is 0. The lowest BCUT2D eigenvalue weighted by Crippen LogP contribution is -2.08. The molecule has 0 amide bonds. The maximum atomic E-state index is 10.9. The largest absolute Gasteiger partial charge is 0.275 e. The topological polar surface area (TPSA) is 22.0 Å². The van der Waals surface area contributed by atoms with Gasteiger partial charge in [0.05, 0.1) is 0 Å². The van der Waals surface area contributed by atoms with E-state index in [0.29, 0.717) is 4.47 Å². The summed E-state index contributed by atoms with van der Waals surface area (Å²) in [5.74, 6) is 0. The van der Waals surface area contributed by atoms with Crippen LogP contribution in [0.4, 0.5) is 0 Å². The molecule has 0 aliphatic rings. The highest BCUT2D eigenvalue weighted by molar-refractivity contribution is 9.13. The third kappa shape index (κ3) is 1.28. The van der Waals surface area contributed by atoms with Crippen LogP contribution in [0.25, 0.3) is 0 Å². The Morgan fingerprint density at radius 2 is 2.11 bits per heavy atom. The quantitative estimate of drug-likeness (QED) is 0.708. The summed E-state index contributed by atoms with van der Waals surface area (Å²) in [4.78, 5) is 10.9. The molecule has 9 heavy (non-hydrogen) atoms. The molecule has 0 bridgehead atoms. The lowest BCUT2D eigenvalue weighted by molar-refractivity contribution is 0.975. The Labute approximate surface area is 72.9 Å². The molecule has 0 saturated carbocycles. The summed E-state index contributed by atoms with van der Waals surface area (Å²) in [5.41, 5.74) is 0.00637. The number of aryl methyl sites for hydroxylation is 1. The minimum absolute atomic E-state index is 0.00637. The molecule has 0 unspecified atom stereocenters. The second-order valence-corrected chi connectivity index (χ2v) is 4.73. The second kappa shape index (κ2) is 2.56. The Bertz CT molecular complexity index is 277. The van der Waals surface area contributed by atoms with Crippen molar-refractivity contribution < 1.29 is 0 Å². The molecule has 0 aliphatic heterocycles. The van der Waals surface area contributed by atoms with Gasteiger partial charge in [-0.25, -0.2) is 0 Å². The first-order valence-electron chi connectivity index (χ1n) is 2.14. The SMILES string of the molecule is Cn1sc(Br)c(Br)c1=O. The Hall–Kier alpha value is 0.390. The van der Waals surface area contributed by atoms with E-state index in [-0.39, 0.29) is 5.56 Å². The average Bonchev–Trinajstić information content (AvgIpc) is 1.98. The third-order valence-corrected chi connectivity index (χ3v) is 4.03. The fourth-order valence-electron chi connectivity index (χ4n) is 0.424. The fourth-order valence-corrected chi connectivity index (χ4v) is 2.43. The molecule has 1 aromatic rings. The van der Waals surface area contributed by atoms with Crippen LogP contribution in [0.2, 0.25) is 0 Å². The van der Waals surface area contributed by atoms with Gasteiger partial charge in [-0.3, -0.25) is 8.75 Å². The molecular weight excluding hydrogens is 270 g/mol. The summed E-state index contributed by atoms with van der Waals surface area (Å²) in [6, 6.07) is 0. The van der Waals surface area contributed by atoms with Crippen molar-refractivity contribution in [2.45, 2.75) is 0 Å². The summed E-state index contributed by atoms with van der Waals surface area (Å²) in [5, 5.41) is 0. The van der Waals surface area contributed by atoms with Crippen molar-refractivity contribution in [2.75, 3.05) is 0 Å². The minimum Gasteiger partial charge on any atom is -0.267 e. The Balaban J connectivity index is 3.48. The van der Waals surface area contributed by atoms with Gasteiger partial charge in [0, 0.05) is 7.05 Å². The van der Waals surface area contributed by atoms with E-state index in [2.05, 4.69) is 31.9 Å². The number of aromatic nitrogens is 1. The number of hydrogen-bond acceptors (Lipinski definition) is 2. The molecule has 0 aromatic carbocycles. The van der Waals surface area contributed by atoms with Crippen LogP contribution in [0.15, 0.2) is 13.1 Å². The summed E-state index contributed by atoms with van der Waals surface area (Å²) >= 11 is 7.72. The summed E-state index contributed by atoms with van der Waals surface area (Å²) in [6.45, 7) is 0. The lowest BCUT2D eigenvalue weighted by Gasteiger charge is -1.77. The molecule has 1 heterocycles. The molecule has 0 spiro atoms. The van der Waals surface area contributed by atoms with Gasteiger partial charge in [0.15, 0.2) is 0 Å². The third-order valence-electron chi connectivity index (χ3n) is 0.863. The Morgan fingerprint density at radius 1 is 1.56 bits per heavy atom. The van der Waals surface area contributed by atoms with E-state index in [0.717, 1.165) is 3.79 Å². The van der Waals surface area contributed by atoms with Gasteiger partial charge >= 0.3 is 0 Å². The zero-order valence-corrected chi connectivity index (χ0v) is 8.51. The fraction of sp³-hybridized carbons (Fsp3) is 0.250. The first kappa shape index (κ1) is 7.50. The zero-order valence-electron chi connectivity index (χ0n) is 4.52. The van der Waals surface area contributed by atoms with Gasteiger partial charge in [-0.05, 0) is 43.4 Å². The molecular formula is C4H3Br2NOS. The molecule has 0 atom stereocenters. The van der Waals surface area contributed by atoms with Crippen molar-refractivity contribution in [3.8, 4) is 0 Å². The van der Waals surface area contributed by atoms with Crippen molar-refractivity contribution in [1.82, 2.24) is 3.96 Å². The van der Waals surface area contributed by atoms with Crippen molar-refractivity contribution in [2.24, 2.45) is 7.05 Å². The molecule has 0 fully saturated rings. The highest BCUT2D eigenvalue weighted by Gasteiger charge is 2.05. The van der Waals surface area contributed by atoms with Gasteiger partial charge in [0.2, 0.25) is 0 Å². The first-order chi connectivity index (χ1) is 4.13. The van der Waals surface area contributed by atoms with Crippen LogP contribution in [0.5, 0.6) is 0 Å². The lowest BCUT2D eigenvalue weighted by atomic mass is 10.7. The summed E-state index contributed by atoms with van der Waals surface area (Å²) in [7, 11) is 1.72. The van der Waals surface area contributed by atoms with E-state index in [4.69, 9.17) is 0 Å². The smallest absolute Gasteiger partial charge is 0.267 e. The van der Waals surface area contributed by atoms with Gasteiger partial charge < -0.3 is 0 Å². The molecule has 2 nitrogen and oxygen atoms in total. The molecule has 0 N–H and O–H groups in total. The summed E-state index contributed by atoms with van der Waals surface area (Å²) < 4.78 is 3.00. The predicted molar refractivity (Wildman–Crippen MR) is 45.0 cm³/mol. The normalized spacial score (nSPS) is 10.1. The van der Waals surface area contributed by atoms with Gasteiger partial charge in [-0.15, -0.1) is 0 Å². The Kier molecular flexibility index (Phi) is 2.13. The van der Waals surface area contributed by atoms with Crippen LogP contribution in [-0.4, -0.2) is 3.96 Å². The van der Waals surface area contributed by atoms with E-state index >= 15 is 0 Å². The second-order valence-electron chi connectivity index (χ2n) is 1.48. The number of halogens is 2. The van der Waals surface area contributed by atoms with Gasteiger partial charge in [-0.2, -0.15) is 0 Å². The zero-order chi connectivity index (χ0) is 7.02. The van der Waals surface area contributed by atoms with Gasteiger partial charge in [0.25, 0.3) is 5.56 Å². The van der Waals surface area contributed by atoms with Crippen molar-refractivity contribution >= 4 is 43.4 Å². The molecule has 1 aromatic heterocycles. The van der Waals surface area contributed by atoms with Crippen molar-refractivity contribution in [3.63, 3.8) is 0 Å². The predicted octanol–water partition coefficient (Wildman–Crippen LogP) is 1.97. The molecule has 0 radical (unpaired) electrons. The first-order valence-corrected chi connectivity index (χ1v) is 4.50. The van der Waals surface area contributed by atoms with Crippen molar-refractivity contribution in [3.05, 3.63) is 18.6 Å². The molecule has 5 heteroatoms. The highest BCUT2D eigenvalue weighted by Crippen LogP contribution is 2.23. The van der Waals surface area contributed by atoms with E-state index in [1.807, 2.05) is 0 Å². The molecule has 0 saturated heterocycles. The van der Waals surface area contributed by atoms with Gasteiger partial charge in [0.1, 0.15) is 8.26 Å². The van der Waals surface area contributed by atoms with Gasteiger partial charge in [-0.1, -0.05) is 0 Å². The Morgan fingerprint density at radius 3 is 2.22 bits per heavy atom. The molecule has 50 valence electrons. The minimum atomic E-state index is 0.00637. The van der Waals surface area contributed by atoms with Crippen molar-refractivity contribution in [1.29, 1.82) is 0 Å². The van der Waals surface area contributed by atoms with E-state index < -0.39 is 0 Å². The van der Waals surface area contributed by atoms with Crippen LogP contribution in [0.3, 0.4) is 0 Å². The van der Waals surface area contributed by atoms with Crippen LogP contribution >= 0.6 is 43.4 Å². The van der Waals surface area contributed by atoms with Crippen LogP contribution < -0.4 is 5.56 Å². The van der Waals surface area contributed by atoms with Crippen LogP contribution in [0, 0.1) is 0 Å². The number of rotatable bonds is 0. The number of hydrogen-bond donors (Lipinski definition) is 0. The van der Waals surface area contributed by atoms with E-state index in [1.165, 1.54) is 11.5 Å². The van der Waals surface area contributed by atoms with Crippen LogP contribution in [-0.2, 0) is 7.05 Å². The standard InChI is InChI=1S/C4H3Br2NOS/c1-7-4(8)2(5)3(6)9-7/h1H3. The molecule has 0 aliphatic carbocycles. The maximum Gasteiger partial charge on any atom is 0.275 e.